The first-order valence-corrected chi connectivity index (χ1v) is 9.08. The molecular weight excluding hydrogens is 378 g/mol. The quantitative estimate of drug-likeness (QED) is 0.548. The van der Waals surface area contributed by atoms with Gasteiger partial charge >= 0.3 is 0 Å². The molecule has 0 saturated carbocycles. The molecule has 0 heterocycles. The Hall–Kier alpha value is 0.140. The van der Waals surface area contributed by atoms with E-state index in [1.165, 1.54) is 45.8 Å². The summed E-state index contributed by atoms with van der Waals surface area (Å²) in [5, 5.41) is 3.54. The van der Waals surface area contributed by atoms with Gasteiger partial charge in [0.25, 0.3) is 0 Å². The van der Waals surface area contributed by atoms with Crippen LogP contribution in [0.5, 0.6) is 0 Å². The number of benzene rings is 1. The lowest BCUT2D eigenvalue weighted by atomic mass is 10.0. The number of unbranched alkanes of at least 4 members (excludes halogenated alkanes) is 3. The van der Waals surface area contributed by atoms with Crippen molar-refractivity contribution in [2.45, 2.75) is 65.3 Å². The maximum Gasteiger partial charge on any atom is 0.0210 e. The molecule has 0 fully saturated rings. The highest BCUT2D eigenvalue weighted by molar-refractivity contribution is 9.11. The molecular formula is C17H27Br2N. The topological polar surface area (TPSA) is 12.0 Å². The normalized spacial score (nSPS) is 11.9. The summed E-state index contributed by atoms with van der Waals surface area (Å²) in [7, 11) is 0. The zero-order valence-corrected chi connectivity index (χ0v) is 16.3. The maximum atomic E-state index is 3.67. The Bertz CT molecular complexity index is 422. The van der Waals surface area contributed by atoms with Crippen molar-refractivity contribution < 1.29 is 0 Å². The van der Waals surface area contributed by atoms with E-state index in [1.807, 2.05) is 0 Å². The highest BCUT2D eigenvalue weighted by Gasteiger charge is 2.07. The zero-order chi connectivity index (χ0) is 15.2. The van der Waals surface area contributed by atoms with Gasteiger partial charge < -0.3 is 5.32 Å². The number of halogens is 2. The molecule has 0 bridgehead atoms. The van der Waals surface area contributed by atoms with Gasteiger partial charge in [0.05, 0.1) is 0 Å². The minimum atomic E-state index is 0.249. The van der Waals surface area contributed by atoms with Gasteiger partial charge in [0.15, 0.2) is 0 Å². The summed E-state index contributed by atoms with van der Waals surface area (Å²) < 4.78 is 2.46. The molecule has 1 aromatic rings. The fraction of sp³-hybridized carbons (Fsp3) is 0.647. The van der Waals surface area contributed by atoms with Crippen LogP contribution in [0.25, 0.3) is 0 Å². The van der Waals surface area contributed by atoms with Crippen LogP contribution in [-0.4, -0.2) is 12.1 Å². The van der Waals surface area contributed by atoms with Crippen LogP contribution in [0, 0.1) is 6.92 Å². The molecule has 0 aliphatic rings. The Labute approximate surface area is 141 Å². The van der Waals surface area contributed by atoms with Crippen molar-refractivity contribution in [2.24, 2.45) is 0 Å². The second-order valence-electron chi connectivity index (χ2n) is 6.53. The summed E-state index contributed by atoms with van der Waals surface area (Å²) in [5.74, 6) is 0. The Morgan fingerprint density at radius 2 is 1.60 bits per heavy atom. The summed E-state index contributed by atoms with van der Waals surface area (Å²) >= 11 is 7.28. The van der Waals surface area contributed by atoms with Gasteiger partial charge in [0, 0.05) is 14.5 Å². The summed E-state index contributed by atoms with van der Waals surface area (Å²) in [6.07, 6.45) is 6.32. The van der Waals surface area contributed by atoms with Crippen molar-refractivity contribution in [1.29, 1.82) is 0 Å². The first kappa shape index (κ1) is 18.2. The lowest BCUT2D eigenvalue weighted by molar-refractivity contribution is 0.416. The third kappa shape index (κ3) is 7.24. The van der Waals surface area contributed by atoms with E-state index in [-0.39, 0.29) is 5.54 Å². The van der Waals surface area contributed by atoms with Crippen LogP contribution in [-0.2, 0) is 6.42 Å². The highest BCUT2D eigenvalue weighted by Crippen LogP contribution is 2.26. The van der Waals surface area contributed by atoms with E-state index in [0.29, 0.717) is 0 Å². The van der Waals surface area contributed by atoms with Crippen LogP contribution >= 0.6 is 31.9 Å². The zero-order valence-electron chi connectivity index (χ0n) is 13.2. The average molecular weight is 405 g/mol. The Kier molecular flexibility index (Phi) is 7.78. The van der Waals surface area contributed by atoms with Gasteiger partial charge in [0.1, 0.15) is 0 Å². The average Bonchev–Trinajstić information content (AvgIpc) is 2.32. The van der Waals surface area contributed by atoms with Crippen LogP contribution in [0.1, 0.15) is 57.6 Å². The fourth-order valence-electron chi connectivity index (χ4n) is 2.14. The highest BCUT2D eigenvalue weighted by atomic mass is 79.9. The maximum absolute atomic E-state index is 3.67. The van der Waals surface area contributed by atoms with Gasteiger partial charge in [0.2, 0.25) is 0 Å². The molecule has 0 aliphatic heterocycles. The molecule has 114 valence electrons. The molecule has 0 saturated heterocycles. The van der Waals surface area contributed by atoms with E-state index in [2.05, 4.69) is 77.0 Å². The Balaban J connectivity index is 2.20. The van der Waals surface area contributed by atoms with E-state index in [9.17, 15) is 0 Å². The van der Waals surface area contributed by atoms with Gasteiger partial charge in [-0.2, -0.15) is 0 Å². The molecule has 1 aromatic carbocycles. The first-order chi connectivity index (χ1) is 9.29. The fourth-order valence-corrected chi connectivity index (χ4v) is 3.18. The number of hydrogen-bond acceptors (Lipinski definition) is 1. The van der Waals surface area contributed by atoms with Crippen LogP contribution < -0.4 is 5.32 Å². The lowest BCUT2D eigenvalue weighted by Crippen LogP contribution is -2.36. The second kappa shape index (κ2) is 8.55. The molecule has 20 heavy (non-hydrogen) atoms. The SMILES string of the molecule is Cc1cc(Br)c(CCCCCCNC(C)(C)C)cc1Br. The second-order valence-corrected chi connectivity index (χ2v) is 8.24. The van der Waals surface area contributed by atoms with Crippen LogP contribution in [0.3, 0.4) is 0 Å². The van der Waals surface area contributed by atoms with E-state index in [1.54, 1.807) is 0 Å². The largest absolute Gasteiger partial charge is 0.312 e. The van der Waals surface area contributed by atoms with Gasteiger partial charge in [-0.05, 0) is 76.8 Å². The van der Waals surface area contributed by atoms with Gasteiger partial charge in [-0.3, -0.25) is 0 Å². The molecule has 1 N–H and O–H groups in total. The minimum absolute atomic E-state index is 0.249. The molecule has 0 spiro atoms. The third-order valence-corrected chi connectivity index (χ3v) is 4.95. The summed E-state index contributed by atoms with van der Waals surface area (Å²) in [6.45, 7) is 9.92. The molecule has 0 unspecified atom stereocenters. The molecule has 3 heteroatoms. The van der Waals surface area contributed by atoms with E-state index < -0.39 is 0 Å². The Morgan fingerprint density at radius 3 is 2.25 bits per heavy atom. The smallest absolute Gasteiger partial charge is 0.0210 e. The molecule has 0 aromatic heterocycles. The summed E-state index contributed by atoms with van der Waals surface area (Å²) in [5.41, 5.74) is 2.95. The molecule has 0 amide bonds. The van der Waals surface area contributed by atoms with Crippen molar-refractivity contribution in [1.82, 2.24) is 5.32 Å². The van der Waals surface area contributed by atoms with Crippen molar-refractivity contribution in [2.75, 3.05) is 6.54 Å². The monoisotopic (exact) mass is 403 g/mol. The third-order valence-electron chi connectivity index (χ3n) is 3.36. The molecule has 1 rings (SSSR count). The standard InChI is InChI=1S/C17H27Br2N/c1-13-11-16(19)14(12-15(13)18)9-7-5-6-8-10-20-17(2,3)4/h11-12,20H,5-10H2,1-4H3. The predicted molar refractivity (Wildman–Crippen MR) is 96.5 cm³/mol. The molecule has 0 atom stereocenters. The van der Waals surface area contributed by atoms with Crippen LogP contribution in [0.2, 0.25) is 0 Å². The first-order valence-electron chi connectivity index (χ1n) is 7.49. The summed E-state index contributed by atoms with van der Waals surface area (Å²) in [6, 6.07) is 4.45. The molecule has 1 nitrogen and oxygen atoms in total. The van der Waals surface area contributed by atoms with Gasteiger partial charge in [-0.25, -0.2) is 0 Å². The number of nitrogens with one attached hydrogen (secondary N) is 1. The van der Waals surface area contributed by atoms with Gasteiger partial charge in [-0.1, -0.05) is 44.7 Å². The summed E-state index contributed by atoms with van der Waals surface area (Å²) in [4.78, 5) is 0. The molecule has 0 radical (unpaired) electrons. The van der Waals surface area contributed by atoms with Crippen LogP contribution in [0.15, 0.2) is 21.1 Å². The van der Waals surface area contributed by atoms with E-state index in [0.717, 1.165) is 13.0 Å². The minimum Gasteiger partial charge on any atom is -0.312 e. The van der Waals surface area contributed by atoms with E-state index in [4.69, 9.17) is 0 Å². The number of rotatable bonds is 7. The van der Waals surface area contributed by atoms with Crippen molar-refractivity contribution >= 4 is 31.9 Å². The van der Waals surface area contributed by atoms with Crippen molar-refractivity contribution in [3.63, 3.8) is 0 Å². The van der Waals surface area contributed by atoms with Crippen molar-refractivity contribution in [3.05, 3.63) is 32.2 Å². The van der Waals surface area contributed by atoms with E-state index >= 15 is 0 Å². The Morgan fingerprint density at radius 1 is 0.950 bits per heavy atom. The molecule has 0 aliphatic carbocycles. The lowest BCUT2D eigenvalue weighted by Gasteiger charge is -2.20. The predicted octanol–water partition coefficient (Wildman–Crippen LogP) is 6.01. The van der Waals surface area contributed by atoms with Gasteiger partial charge in [-0.15, -0.1) is 0 Å². The van der Waals surface area contributed by atoms with Crippen molar-refractivity contribution in [3.8, 4) is 0 Å². The van der Waals surface area contributed by atoms with Crippen LogP contribution in [0.4, 0.5) is 0 Å². The number of aryl methyl sites for hydroxylation is 2. The number of hydrogen-bond donors (Lipinski definition) is 1.